The van der Waals surface area contributed by atoms with Gasteiger partial charge in [0.05, 0.1) is 20.8 Å². The number of carbonyl (C=O) groups excluding carboxylic acids is 2. The summed E-state index contributed by atoms with van der Waals surface area (Å²) >= 11 is 0. The molecule has 104 valence electrons. The lowest BCUT2D eigenvalue weighted by molar-refractivity contribution is -0.143. The summed E-state index contributed by atoms with van der Waals surface area (Å²) in [6, 6.07) is 1.66. The minimum atomic E-state index is -0.538. The maximum Gasteiger partial charge on any atom is 0.343 e. The molecule has 0 aromatic carbocycles. The Morgan fingerprint density at radius 1 is 1.32 bits per heavy atom. The Bertz CT molecular complexity index is 458. The fraction of sp³-hybridized carbons (Fsp3) is 0.462. The Morgan fingerprint density at radius 2 is 2.05 bits per heavy atom. The summed E-state index contributed by atoms with van der Waals surface area (Å²) in [6.07, 6.45) is 2.07. The second-order valence-corrected chi connectivity index (χ2v) is 3.65. The van der Waals surface area contributed by atoms with E-state index in [0.29, 0.717) is 18.6 Å². The Labute approximate surface area is 111 Å². The number of methoxy groups -OCH3 is 2. The number of carbonyl (C=O) groups is 2. The number of ether oxygens (including phenoxy) is 3. The summed E-state index contributed by atoms with van der Waals surface area (Å²) in [7, 11) is 2.70. The van der Waals surface area contributed by atoms with Crippen LogP contribution in [0.25, 0.3) is 0 Å². The highest BCUT2D eigenvalue weighted by atomic mass is 16.5. The minimum Gasteiger partial charge on any atom is -0.480 e. The number of aryl methyl sites for hydroxylation is 1. The molecule has 6 heteroatoms. The third-order valence-electron chi connectivity index (χ3n) is 2.49. The quantitative estimate of drug-likeness (QED) is 0.725. The molecule has 0 amide bonds. The molecule has 0 aliphatic rings. The van der Waals surface area contributed by atoms with Crippen molar-refractivity contribution in [3.8, 4) is 5.88 Å². The van der Waals surface area contributed by atoms with Crippen molar-refractivity contribution in [1.82, 2.24) is 4.98 Å². The van der Waals surface area contributed by atoms with E-state index in [9.17, 15) is 9.59 Å². The van der Waals surface area contributed by atoms with Crippen molar-refractivity contribution in [2.45, 2.75) is 19.8 Å². The van der Waals surface area contributed by atoms with Crippen LogP contribution in [0.15, 0.2) is 12.3 Å². The van der Waals surface area contributed by atoms with E-state index >= 15 is 0 Å². The molecule has 0 unspecified atom stereocenters. The standard InChI is InChI=1S/C13H17NO5/c1-4-19-10(15)6-5-9-7-8-14-12(17-2)11(9)13(16)18-3/h7-8H,4-6H2,1-3H3. The van der Waals surface area contributed by atoms with Crippen LogP contribution in [0.5, 0.6) is 5.88 Å². The molecule has 0 N–H and O–H groups in total. The topological polar surface area (TPSA) is 74.7 Å². The van der Waals surface area contributed by atoms with Crippen molar-refractivity contribution >= 4 is 11.9 Å². The van der Waals surface area contributed by atoms with Gasteiger partial charge in [-0.05, 0) is 25.0 Å². The summed E-state index contributed by atoms with van der Waals surface area (Å²) in [6.45, 7) is 2.08. The van der Waals surface area contributed by atoms with Crippen LogP contribution in [-0.2, 0) is 20.7 Å². The molecule has 1 aromatic heterocycles. The number of hydrogen-bond donors (Lipinski definition) is 0. The predicted molar refractivity (Wildman–Crippen MR) is 67.1 cm³/mol. The number of aromatic nitrogens is 1. The molecule has 0 bridgehead atoms. The largest absolute Gasteiger partial charge is 0.480 e. The molecule has 0 aliphatic carbocycles. The van der Waals surface area contributed by atoms with Gasteiger partial charge in [0, 0.05) is 12.6 Å². The molecule has 1 rings (SSSR count). The normalized spacial score (nSPS) is 9.84. The first-order valence-corrected chi connectivity index (χ1v) is 5.89. The number of rotatable bonds is 6. The zero-order valence-electron chi connectivity index (χ0n) is 11.3. The van der Waals surface area contributed by atoms with Crippen LogP contribution in [0.2, 0.25) is 0 Å². The van der Waals surface area contributed by atoms with Crippen molar-refractivity contribution in [2.24, 2.45) is 0 Å². The summed E-state index contributed by atoms with van der Waals surface area (Å²) in [5.74, 6) is -0.661. The van der Waals surface area contributed by atoms with Crippen LogP contribution in [0.4, 0.5) is 0 Å². The SMILES string of the molecule is CCOC(=O)CCc1ccnc(OC)c1C(=O)OC. The number of pyridine rings is 1. The molecular weight excluding hydrogens is 250 g/mol. The predicted octanol–water partition coefficient (Wildman–Crippen LogP) is 1.37. The lowest BCUT2D eigenvalue weighted by Gasteiger charge is -2.10. The van der Waals surface area contributed by atoms with E-state index in [1.165, 1.54) is 20.4 Å². The summed E-state index contributed by atoms with van der Waals surface area (Å²) in [5.41, 5.74) is 0.892. The average molecular weight is 267 g/mol. The molecule has 1 heterocycles. The maximum atomic E-state index is 11.7. The van der Waals surface area contributed by atoms with Gasteiger partial charge in [0.1, 0.15) is 5.56 Å². The monoisotopic (exact) mass is 267 g/mol. The molecule has 0 atom stereocenters. The van der Waals surface area contributed by atoms with E-state index in [0.717, 1.165) is 0 Å². The second-order valence-electron chi connectivity index (χ2n) is 3.65. The van der Waals surface area contributed by atoms with Gasteiger partial charge in [0.15, 0.2) is 0 Å². The van der Waals surface area contributed by atoms with Gasteiger partial charge in [-0.1, -0.05) is 0 Å². The van der Waals surface area contributed by atoms with Crippen molar-refractivity contribution < 1.29 is 23.8 Å². The van der Waals surface area contributed by atoms with E-state index in [4.69, 9.17) is 14.2 Å². The van der Waals surface area contributed by atoms with Crippen LogP contribution in [0.1, 0.15) is 29.3 Å². The Morgan fingerprint density at radius 3 is 2.63 bits per heavy atom. The number of esters is 2. The van der Waals surface area contributed by atoms with Gasteiger partial charge < -0.3 is 14.2 Å². The first-order valence-electron chi connectivity index (χ1n) is 5.89. The Hall–Kier alpha value is -2.11. The first-order chi connectivity index (χ1) is 9.13. The molecule has 0 saturated heterocycles. The molecule has 6 nitrogen and oxygen atoms in total. The van der Waals surface area contributed by atoms with Gasteiger partial charge >= 0.3 is 11.9 Å². The first kappa shape index (κ1) is 14.9. The second kappa shape index (κ2) is 7.35. The van der Waals surface area contributed by atoms with Gasteiger partial charge in [0.25, 0.3) is 0 Å². The smallest absolute Gasteiger partial charge is 0.343 e. The van der Waals surface area contributed by atoms with Crippen LogP contribution in [0, 0.1) is 0 Å². The molecule has 1 aromatic rings. The fourth-order valence-corrected chi connectivity index (χ4v) is 1.63. The third kappa shape index (κ3) is 3.94. The molecule has 0 spiro atoms. The van der Waals surface area contributed by atoms with Crippen LogP contribution in [0.3, 0.4) is 0 Å². The van der Waals surface area contributed by atoms with Crippen molar-refractivity contribution in [1.29, 1.82) is 0 Å². The molecule has 0 aliphatic heterocycles. The van der Waals surface area contributed by atoms with Crippen LogP contribution >= 0.6 is 0 Å². The van der Waals surface area contributed by atoms with Crippen molar-refractivity contribution in [2.75, 3.05) is 20.8 Å². The zero-order chi connectivity index (χ0) is 14.3. The van der Waals surface area contributed by atoms with Gasteiger partial charge in [-0.2, -0.15) is 0 Å². The molecule has 0 radical (unpaired) electrons. The summed E-state index contributed by atoms with van der Waals surface area (Å²) in [4.78, 5) is 27.0. The third-order valence-corrected chi connectivity index (χ3v) is 2.49. The van der Waals surface area contributed by atoms with E-state index in [1.54, 1.807) is 13.0 Å². The van der Waals surface area contributed by atoms with E-state index < -0.39 is 5.97 Å². The van der Waals surface area contributed by atoms with Crippen molar-refractivity contribution in [3.63, 3.8) is 0 Å². The fourth-order valence-electron chi connectivity index (χ4n) is 1.63. The highest BCUT2D eigenvalue weighted by molar-refractivity contribution is 5.93. The molecule has 0 saturated carbocycles. The molecular formula is C13H17NO5. The average Bonchev–Trinajstić information content (AvgIpc) is 2.44. The Balaban J connectivity index is 2.93. The number of hydrogen-bond acceptors (Lipinski definition) is 6. The maximum absolute atomic E-state index is 11.7. The van der Waals surface area contributed by atoms with E-state index in [1.807, 2.05) is 0 Å². The van der Waals surface area contributed by atoms with Gasteiger partial charge in [-0.15, -0.1) is 0 Å². The lowest BCUT2D eigenvalue weighted by atomic mass is 10.0. The zero-order valence-corrected chi connectivity index (χ0v) is 11.3. The Kier molecular flexibility index (Phi) is 5.78. The van der Waals surface area contributed by atoms with Gasteiger partial charge in [-0.3, -0.25) is 4.79 Å². The molecule has 0 fully saturated rings. The van der Waals surface area contributed by atoms with Crippen molar-refractivity contribution in [3.05, 3.63) is 23.4 Å². The highest BCUT2D eigenvalue weighted by Gasteiger charge is 2.19. The minimum absolute atomic E-state index is 0.186. The highest BCUT2D eigenvalue weighted by Crippen LogP contribution is 2.21. The lowest BCUT2D eigenvalue weighted by Crippen LogP contribution is -2.12. The molecule has 19 heavy (non-hydrogen) atoms. The van der Waals surface area contributed by atoms with Gasteiger partial charge in [-0.25, -0.2) is 9.78 Å². The number of nitrogens with zero attached hydrogens (tertiary/aromatic N) is 1. The van der Waals surface area contributed by atoms with Crippen LogP contribution in [-0.4, -0.2) is 37.7 Å². The van der Waals surface area contributed by atoms with E-state index in [2.05, 4.69) is 4.98 Å². The summed E-state index contributed by atoms with van der Waals surface area (Å²) in [5, 5.41) is 0. The van der Waals surface area contributed by atoms with Crippen LogP contribution < -0.4 is 4.74 Å². The van der Waals surface area contributed by atoms with Gasteiger partial charge in [0.2, 0.25) is 5.88 Å². The summed E-state index contributed by atoms with van der Waals surface area (Å²) < 4.78 is 14.6. The van der Waals surface area contributed by atoms with E-state index in [-0.39, 0.29) is 23.8 Å².